The Bertz CT molecular complexity index is 952. The standard InChI is InChI=1S/C18H17BrN4O2S/c19-11-5-3-10(4-6-11)14-8-13-16(26-14)15(18(24)25)22-23-17(13)21-12-2-1-7-20-9-12/h3-6,8,12,20H,1-2,7,9H2,(H,21,23)(H,24,25). The normalized spacial score (nSPS) is 17.3. The molecule has 3 aromatic rings. The first-order chi connectivity index (χ1) is 12.6. The van der Waals surface area contributed by atoms with Crippen molar-refractivity contribution in [2.24, 2.45) is 0 Å². The molecule has 0 amide bonds. The van der Waals surface area contributed by atoms with Gasteiger partial charge >= 0.3 is 5.97 Å². The first-order valence-corrected chi connectivity index (χ1v) is 9.99. The van der Waals surface area contributed by atoms with Crippen molar-refractivity contribution in [2.75, 3.05) is 18.4 Å². The van der Waals surface area contributed by atoms with E-state index in [2.05, 4.69) is 36.8 Å². The van der Waals surface area contributed by atoms with Gasteiger partial charge in [-0.1, -0.05) is 28.1 Å². The number of carbonyl (C=O) groups is 1. The summed E-state index contributed by atoms with van der Waals surface area (Å²) >= 11 is 4.87. The van der Waals surface area contributed by atoms with Gasteiger partial charge in [0.25, 0.3) is 0 Å². The number of thiophene rings is 1. The van der Waals surface area contributed by atoms with Gasteiger partial charge in [-0.05, 0) is 43.1 Å². The molecule has 0 spiro atoms. The van der Waals surface area contributed by atoms with Crippen LogP contribution in [-0.4, -0.2) is 40.4 Å². The van der Waals surface area contributed by atoms with Crippen molar-refractivity contribution in [3.8, 4) is 10.4 Å². The van der Waals surface area contributed by atoms with Gasteiger partial charge in [0, 0.05) is 27.3 Å². The number of anilines is 1. The Balaban J connectivity index is 1.78. The van der Waals surface area contributed by atoms with Gasteiger partial charge in [-0.3, -0.25) is 0 Å². The van der Waals surface area contributed by atoms with E-state index in [1.165, 1.54) is 11.3 Å². The molecular formula is C18H17BrN4O2S. The number of aromatic nitrogens is 2. The molecule has 0 bridgehead atoms. The van der Waals surface area contributed by atoms with E-state index in [4.69, 9.17) is 0 Å². The lowest BCUT2D eigenvalue weighted by molar-refractivity contribution is 0.0692. The molecule has 0 saturated carbocycles. The van der Waals surface area contributed by atoms with Crippen LogP contribution in [0.5, 0.6) is 0 Å². The predicted molar refractivity (Wildman–Crippen MR) is 107 cm³/mol. The Kier molecular flexibility index (Phi) is 4.88. The van der Waals surface area contributed by atoms with Crippen LogP contribution in [0.15, 0.2) is 34.8 Å². The summed E-state index contributed by atoms with van der Waals surface area (Å²) in [5.41, 5.74) is 1.04. The van der Waals surface area contributed by atoms with Crippen LogP contribution in [0.25, 0.3) is 20.5 Å². The SMILES string of the molecule is O=C(O)c1nnc(NC2CCCNC2)c2cc(-c3ccc(Br)cc3)sc12. The van der Waals surface area contributed by atoms with Crippen LogP contribution in [0, 0.1) is 0 Å². The van der Waals surface area contributed by atoms with E-state index in [0.717, 1.165) is 46.2 Å². The summed E-state index contributed by atoms with van der Waals surface area (Å²) in [6.07, 6.45) is 2.16. The van der Waals surface area contributed by atoms with Crippen molar-refractivity contribution in [3.63, 3.8) is 0 Å². The highest BCUT2D eigenvalue weighted by molar-refractivity contribution is 9.10. The van der Waals surface area contributed by atoms with Gasteiger partial charge in [0.05, 0.1) is 4.70 Å². The summed E-state index contributed by atoms with van der Waals surface area (Å²) in [4.78, 5) is 12.6. The van der Waals surface area contributed by atoms with Crippen molar-refractivity contribution in [2.45, 2.75) is 18.9 Å². The molecule has 1 aromatic carbocycles. The second kappa shape index (κ2) is 7.30. The number of nitrogens with one attached hydrogen (secondary N) is 2. The number of aromatic carboxylic acids is 1. The fraction of sp³-hybridized carbons (Fsp3) is 0.278. The van der Waals surface area contributed by atoms with Gasteiger partial charge in [-0.25, -0.2) is 4.79 Å². The number of halogens is 1. The summed E-state index contributed by atoms with van der Waals surface area (Å²) in [6.45, 7) is 1.90. The highest BCUT2D eigenvalue weighted by Crippen LogP contribution is 2.38. The van der Waals surface area contributed by atoms with Gasteiger partial charge < -0.3 is 15.7 Å². The maximum Gasteiger partial charge on any atom is 0.357 e. The number of hydrogen-bond donors (Lipinski definition) is 3. The highest BCUT2D eigenvalue weighted by atomic mass is 79.9. The number of hydrogen-bond acceptors (Lipinski definition) is 6. The predicted octanol–water partition coefficient (Wildman–Crippen LogP) is 3.98. The maximum absolute atomic E-state index is 11.6. The van der Waals surface area contributed by atoms with Gasteiger partial charge in [0.15, 0.2) is 11.5 Å². The Morgan fingerprint density at radius 2 is 2.12 bits per heavy atom. The average Bonchev–Trinajstić information content (AvgIpc) is 3.09. The molecule has 1 aliphatic rings. The van der Waals surface area contributed by atoms with Gasteiger partial charge in [0.2, 0.25) is 0 Å². The van der Waals surface area contributed by atoms with E-state index >= 15 is 0 Å². The van der Waals surface area contributed by atoms with Crippen LogP contribution >= 0.6 is 27.3 Å². The number of benzene rings is 1. The van der Waals surface area contributed by atoms with Crippen LogP contribution in [0.2, 0.25) is 0 Å². The molecule has 26 heavy (non-hydrogen) atoms. The van der Waals surface area contributed by atoms with E-state index in [1.807, 2.05) is 30.3 Å². The quantitative estimate of drug-likeness (QED) is 0.577. The largest absolute Gasteiger partial charge is 0.476 e. The second-order valence-electron chi connectivity index (χ2n) is 6.25. The van der Waals surface area contributed by atoms with Gasteiger partial charge in [0.1, 0.15) is 0 Å². The minimum absolute atomic E-state index is 0.000630. The van der Waals surface area contributed by atoms with Crippen LogP contribution in [0.1, 0.15) is 23.3 Å². The molecular weight excluding hydrogens is 416 g/mol. The lowest BCUT2D eigenvalue weighted by Crippen LogP contribution is -2.38. The summed E-state index contributed by atoms with van der Waals surface area (Å²) in [5.74, 6) is -0.407. The molecule has 134 valence electrons. The Morgan fingerprint density at radius 3 is 2.81 bits per heavy atom. The Hall–Kier alpha value is -2.03. The smallest absolute Gasteiger partial charge is 0.357 e. The zero-order valence-corrected chi connectivity index (χ0v) is 16.2. The zero-order valence-electron chi connectivity index (χ0n) is 13.8. The fourth-order valence-electron chi connectivity index (χ4n) is 3.11. The molecule has 1 aliphatic heterocycles. The van der Waals surface area contributed by atoms with Crippen molar-refractivity contribution < 1.29 is 9.90 Å². The number of piperidine rings is 1. The lowest BCUT2D eigenvalue weighted by Gasteiger charge is -2.24. The van der Waals surface area contributed by atoms with Crippen LogP contribution in [0.3, 0.4) is 0 Å². The molecule has 1 fully saturated rings. The maximum atomic E-state index is 11.6. The van der Waals surface area contributed by atoms with Crippen molar-refractivity contribution in [1.82, 2.24) is 15.5 Å². The minimum Gasteiger partial charge on any atom is -0.476 e. The summed E-state index contributed by atoms with van der Waals surface area (Å²) in [5, 5.41) is 25.2. The van der Waals surface area contributed by atoms with E-state index < -0.39 is 5.97 Å². The number of carboxylic acid groups (broad SMARTS) is 1. The first kappa shape index (κ1) is 17.4. The van der Waals surface area contributed by atoms with E-state index in [9.17, 15) is 9.90 Å². The molecule has 2 aromatic heterocycles. The molecule has 6 nitrogen and oxygen atoms in total. The molecule has 1 saturated heterocycles. The molecule has 0 radical (unpaired) electrons. The van der Waals surface area contributed by atoms with Crippen molar-refractivity contribution in [3.05, 3.63) is 40.5 Å². The number of fused-ring (bicyclic) bond motifs is 1. The molecule has 0 aliphatic carbocycles. The zero-order chi connectivity index (χ0) is 18.1. The molecule has 8 heteroatoms. The summed E-state index contributed by atoms with van der Waals surface area (Å²) < 4.78 is 1.65. The molecule has 4 rings (SSSR count). The monoisotopic (exact) mass is 432 g/mol. The summed E-state index contributed by atoms with van der Waals surface area (Å²) in [7, 11) is 0. The van der Waals surface area contributed by atoms with Crippen molar-refractivity contribution >= 4 is 49.1 Å². The van der Waals surface area contributed by atoms with Crippen LogP contribution in [0.4, 0.5) is 5.82 Å². The number of rotatable bonds is 4. The molecule has 1 atom stereocenters. The third kappa shape index (κ3) is 3.44. The highest BCUT2D eigenvalue weighted by Gasteiger charge is 2.21. The lowest BCUT2D eigenvalue weighted by atomic mass is 10.1. The molecule has 1 unspecified atom stereocenters. The second-order valence-corrected chi connectivity index (χ2v) is 8.22. The van der Waals surface area contributed by atoms with Gasteiger partial charge in [-0.2, -0.15) is 0 Å². The minimum atomic E-state index is -1.06. The van der Waals surface area contributed by atoms with Crippen LogP contribution in [-0.2, 0) is 0 Å². The third-order valence-electron chi connectivity index (χ3n) is 4.42. The fourth-order valence-corrected chi connectivity index (χ4v) is 4.52. The first-order valence-electron chi connectivity index (χ1n) is 8.38. The summed E-state index contributed by atoms with van der Waals surface area (Å²) in [6, 6.07) is 10.2. The Labute approximate surface area is 162 Å². The van der Waals surface area contributed by atoms with Crippen molar-refractivity contribution in [1.29, 1.82) is 0 Å². The van der Waals surface area contributed by atoms with Gasteiger partial charge in [-0.15, -0.1) is 21.5 Å². The molecule has 3 N–H and O–H groups in total. The Morgan fingerprint density at radius 1 is 1.31 bits per heavy atom. The number of nitrogens with zero attached hydrogens (tertiary/aromatic N) is 2. The van der Waals surface area contributed by atoms with E-state index in [1.54, 1.807) is 0 Å². The van der Waals surface area contributed by atoms with E-state index in [-0.39, 0.29) is 11.7 Å². The average molecular weight is 433 g/mol. The number of carboxylic acids is 1. The van der Waals surface area contributed by atoms with E-state index in [0.29, 0.717) is 10.5 Å². The topological polar surface area (TPSA) is 87.1 Å². The van der Waals surface area contributed by atoms with Crippen LogP contribution < -0.4 is 10.6 Å². The third-order valence-corrected chi connectivity index (χ3v) is 6.14. The molecule has 3 heterocycles.